The van der Waals surface area contributed by atoms with E-state index in [0.717, 1.165) is 31.0 Å². The van der Waals surface area contributed by atoms with Crippen molar-refractivity contribution in [3.8, 4) is 0 Å². The van der Waals surface area contributed by atoms with Gasteiger partial charge < -0.3 is 15.2 Å². The van der Waals surface area contributed by atoms with E-state index in [1.165, 1.54) is 6.07 Å². The molecule has 1 fully saturated rings. The number of benzene rings is 1. The molecule has 1 atom stereocenters. The molecule has 1 amide bonds. The predicted octanol–water partition coefficient (Wildman–Crippen LogP) is 1.13. The number of imidazole rings is 1. The van der Waals surface area contributed by atoms with Crippen molar-refractivity contribution in [3.63, 3.8) is 0 Å². The first-order valence-corrected chi connectivity index (χ1v) is 8.48. The highest BCUT2D eigenvalue weighted by Crippen LogP contribution is 2.19. The summed E-state index contributed by atoms with van der Waals surface area (Å²) in [7, 11) is 1.96. The standard InChI is InChI=1S/C18H24FN5O/c1-13-3-4-14(9-15(13)19)10-22-17(25)12-24-8-5-20-11-16(24)18-21-6-7-23(18)2/h3-4,6-7,9,16,20H,5,8,10-12H2,1-2H3,(H,22,25). The number of piperazine rings is 1. The van der Waals surface area contributed by atoms with Crippen molar-refractivity contribution in [1.29, 1.82) is 0 Å². The van der Waals surface area contributed by atoms with Crippen molar-refractivity contribution < 1.29 is 9.18 Å². The van der Waals surface area contributed by atoms with E-state index in [4.69, 9.17) is 0 Å². The molecule has 1 aromatic carbocycles. The van der Waals surface area contributed by atoms with Gasteiger partial charge in [-0.15, -0.1) is 0 Å². The number of carbonyl (C=O) groups is 1. The van der Waals surface area contributed by atoms with Gasteiger partial charge in [-0.05, 0) is 24.1 Å². The molecular weight excluding hydrogens is 321 g/mol. The molecule has 1 saturated heterocycles. The van der Waals surface area contributed by atoms with Crippen LogP contribution >= 0.6 is 0 Å². The Morgan fingerprint density at radius 1 is 1.48 bits per heavy atom. The van der Waals surface area contributed by atoms with Gasteiger partial charge in [0.05, 0.1) is 12.6 Å². The van der Waals surface area contributed by atoms with Crippen LogP contribution in [0.25, 0.3) is 0 Å². The van der Waals surface area contributed by atoms with Crippen LogP contribution in [-0.2, 0) is 18.4 Å². The number of nitrogens with zero attached hydrogens (tertiary/aromatic N) is 3. The summed E-state index contributed by atoms with van der Waals surface area (Å²) in [5.74, 6) is 0.631. The second kappa shape index (κ2) is 7.76. The average Bonchev–Trinajstić information content (AvgIpc) is 3.02. The van der Waals surface area contributed by atoms with Gasteiger partial charge in [-0.3, -0.25) is 9.69 Å². The largest absolute Gasteiger partial charge is 0.351 e. The van der Waals surface area contributed by atoms with Crippen molar-refractivity contribution in [2.24, 2.45) is 7.05 Å². The highest BCUT2D eigenvalue weighted by atomic mass is 19.1. The number of rotatable bonds is 5. The molecule has 1 unspecified atom stereocenters. The molecule has 2 N–H and O–H groups in total. The molecule has 1 aromatic heterocycles. The first-order chi connectivity index (χ1) is 12.0. The fourth-order valence-electron chi connectivity index (χ4n) is 3.08. The van der Waals surface area contributed by atoms with E-state index in [2.05, 4.69) is 20.5 Å². The Balaban J connectivity index is 1.59. The molecule has 1 aliphatic rings. The van der Waals surface area contributed by atoms with Gasteiger partial charge in [-0.2, -0.15) is 0 Å². The smallest absolute Gasteiger partial charge is 0.234 e. The molecule has 134 valence electrons. The molecule has 1 aliphatic heterocycles. The fourth-order valence-corrected chi connectivity index (χ4v) is 3.08. The summed E-state index contributed by atoms with van der Waals surface area (Å²) >= 11 is 0. The first-order valence-electron chi connectivity index (χ1n) is 8.48. The summed E-state index contributed by atoms with van der Waals surface area (Å²) in [5.41, 5.74) is 1.37. The van der Waals surface area contributed by atoms with E-state index in [-0.39, 0.29) is 17.8 Å². The zero-order chi connectivity index (χ0) is 17.8. The SMILES string of the molecule is Cc1ccc(CNC(=O)CN2CCNCC2c2nccn2C)cc1F. The van der Waals surface area contributed by atoms with Crippen molar-refractivity contribution in [1.82, 2.24) is 25.1 Å². The maximum Gasteiger partial charge on any atom is 0.234 e. The Bertz CT molecular complexity index is 745. The maximum absolute atomic E-state index is 13.6. The number of halogens is 1. The third kappa shape index (κ3) is 4.24. The van der Waals surface area contributed by atoms with E-state index < -0.39 is 0 Å². The van der Waals surface area contributed by atoms with E-state index in [1.54, 1.807) is 19.2 Å². The molecule has 0 radical (unpaired) electrons. The molecule has 2 aromatic rings. The molecule has 0 bridgehead atoms. The minimum atomic E-state index is -0.247. The van der Waals surface area contributed by atoms with Crippen molar-refractivity contribution in [2.45, 2.75) is 19.5 Å². The Morgan fingerprint density at radius 3 is 3.04 bits per heavy atom. The molecule has 0 saturated carbocycles. The van der Waals surface area contributed by atoms with Crippen LogP contribution in [0.2, 0.25) is 0 Å². The summed E-state index contributed by atoms with van der Waals surface area (Å²) in [5, 5.41) is 6.23. The van der Waals surface area contributed by atoms with Gasteiger partial charge in [0.2, 0.25) is 5.91 Å². The predicted molar refractivity (Wildman–Crippen MR) is 93.4 cm³/mol. The number of aryl methyl sites for hydroxylation is 2. The third-order valence-electron chi connectivity index (χ3n) is 4.58. The second-order valence-electron chi connectivity index (χ2n) is 6.45. The van der Waals surface area contributed by atoms with Gasteiger partial charge in [0.25, 0.3) is 0 Å². The monoisotopic (exact) mass is 345 g/mol. The molecule has 0 aliphatic carbocycles. The Hall–Kier alpha value is -2.25. The molecule has 25 heavy (non-hydrogen) atoms. The summed E-state index contributed by atoms with van der Waals surface area (Å²) in [6, 6.07) is 5.10. The molecular formula is C18H24FN5O. The van der Waals surface area contributed by atoms with Gasteiger partial charge in [-0.25, -0.2) is 9.37 Å². The van der Waals surface area contributed by atoms with Gasteiger partial charge in [0.15, 0.2) is 0 Å². The minimum absolute atomic E-state index is 0.0660. The van der Waals surface area contributed by atoms with Gasteiger partial charge in [0, 0.05) is 45.6 Å². The molecule has 7 heteroatoms. The van der Waals surface area contributed by atoms with E-state index in [0.29, 0.717) is 18.7 Å². The molecule has 6 nitrogen and oxygen atoms in total. The lowest BCUT2D eigenvalue weighted by Gasteiger charge is -2.35. The van der Waals surface area contributed by atoms with E-state index in [1.807, 2.05) is 23.9 Å². The third-order valence-corrected chi connectivity index (χ3v) is 4.58. The number of hydrogen-bond acceptors (Lipinski definition) is 4. The van der Waals surface area contributed by atoms with Crippen LogP contribution in [0.15, 0.2) is 30.6 Å². The van der Waals surface area contributed by atoms with Crippen LogP contribution in [0.4, 0.5) is 4.39 Å². The molecule has 0 spiro atoms. The summed E-state index contributed by atoms with van der Waals surface area (Å²) in [4.78, 5) is 18.9. The lowest BCUT2D eigenvalue weighted by atomic mass is 10.1. The van der Waals surface area contributed by atoms with E-state index >= 15 is 0 Å². The van der Waals surface area contributed by atoms with Gasteiger partial charge in [0.1, 0.15) is 11.6 Å². The zero-order valence-electron chi connectivity index (χ0n) is 14.6. The number of carbonyl (C=O) groups excluding carboxylic acids is 1. The lowest BCUT2D eigenvalue weighted by molar-refractivity contribution is -0.123. The van der Waals surface area contributed by atoms with Crippen LogP contribution in [0.1, 0.15) is 23.0 Å². The Morgan fingerprint density at radius 2 is 2.32 bits per heavy atom. The number of amides is 1. The van der Waals surface area contributed by atoms with Crippen LogP contribution in [0, 0.1) is 12.7 Å². The number of hydrogen-bond donors (Lipinski definition) is 2. The van der Waals surface area contributed by atoms with Crippen molar-refractivity contribution in [3.05, 3.63) is 53.4 Å². The zero-order valence-corrected chi connectivity index (χ0v) is 14.6. The second-order valence-corrected chi connectivity index (χ2v) is 6.45. The molecule has 3 rings (SSSR count). The number of nitrogens with one attached hydrogen (secondary N) is 2. The normalized spacial score (nSPS) is 18.3. The lowest BCUT2D eigenvalue weighted by Crippen LogP contribution is -2.50. The quantitative estimate of drug-likeness (QED) is 0.853. The topological polar surface area (TPSA) is 62.2 Å². The van der Waals surface area contributed by atoms with Crippen LogP contribution in [0.5, 0.6) is 0 Å². The van der Waals surface area contributed by atoms with Gasteiger partial charge in [-0.1, -0.05) is 12.1 Å². The van der Waals surface area contributed by atoms with Gasteiger partial charge >= 0.3 is 0 Å². The minimum Gasteiger partial charge on any atom is -0.351 e. The summed E-state index contributed by atoms with van der Waals surface area (Å²) in [6.07, 6.45) is 3.68. The van der Waals surface area contributed by atoms with Crippen LogP contribution in [0.3, 0.4) is 0 Å². The van der Waals surface area contributed by atoms with Crippen LogP contribution in [-0.4, -0.2) is 46.5 Å². The van der Waals surface area contributed by atoms with E-state index in [9.17, 15) is 9.18 Å². The van der Waals surface area contributed by atoms with Crippen molar-refractivity contribution in [2.75, 3.05) is 26.2 Å². The highest BCUT2D eigenvalue weighted by Gasteiger charge is 2.28. The number of aromatic nitrogens is 2. The summed E-state index contributed by atoms with van der Waals surface area (Å²) in [6.45, 7) is 4.74. The average molecular weight is 345 g/mol. The Kier molecular flexibility index (Phi) is 5.45. The first kappa shape index (κ1) is 17.6. The Labute approximate surface area is 147 Å². The van der Waals surface area contributed by atoms with Crippen molar-refractivity contribution >= 4 is 5.91 Å². The summed E-state index contributed by atoms with van der Waals surface area (Å²) < 4.78 is 15.6. The maximum atomic E-state index is 13.6. The highest BCUT2D eigenvalue weighted by molar-refractivity contribution is 5.78. The fraction of sp³-hybridized carbons (Fsp3) is 0.444. The van der Waals surface area contributed by atoms with Crippen LogP contribution < -0.4 is 10.6 Å². The molecule has 2 heterocycles.